The van der Waals surface area contributed by atoms with Crippen LogP contribution in [0.25, 0.3) is 0 Å². The van der Waals surface area contributed by atoms with Crippen LogP contribution in [0, 0.1) is 0 Å². The number of carbonyl (C=O) groups is 1. The lowest BCUT2D eigenvalue weighted by Crippen LogP contribution is -2.41. The van der Waals surface area contributed by atoms with E-state index >= 15 is 0 Å². The maximum absolute atomic E-state index is 10.6. The van der Waals surface area contributed by atoms with Gasteiger partial charge in [0, 0.05) is 32.4 Å². The topological polar surface area (TPSA) is 64.0 Å². The highest BCUT2D eigenvalue weighted by atomic mass is 16.4. The Morgan fingerprint density at radius 2 is 2.19 bits per heavy atom. The second-order valence-electron chi connectivity index (χ2n) is 4.13. The van der Waals surface area contributed by atoms with Crippen LogP contribution in [-0.2, 0) is 4.79 Å². The van der Waals surface area contributed by atoms with E-state index in [-0.39, 0.29) is 12.6 Å². The molecule has 1 aliphatic heterocycles. The molecule has 0 saturated carbocycles. The van der Waals surface area contributed by atoms with Crippen molar-refractivity contribution < 1.29 is 15.0 Å². The highest BCUT2D eigenvalue weighted by Gasteiger charge is 2.28. The molecule has 92 valence electrons. The number of rotatable bonds is 6. The molecule has 0 fully saturated rings. The summed E-state index contributed by atoms with van der Waals surface area (Å²) in [5, 5.41) is 18.1. The number of hydrogen-bond acceptors (Lipinski definition) is 4. The van der Waals surface area contributed by atoms with E-state index in [4.69, 9.17) is 5.11 Å². The lowest BCUT2D eigenvalue weighted by Gasteiger charge is -2.31. The van der Waals surface area contributed by atoms with E-state index in [0.29, 0.717) is 0 Å². The van der Waals surface area contributed by atoms with Crippen LogP contribution in [0.1, 0.15) is 26.2 Å². The molecule has 0 aromatic carbocycles. The summed E-state index contributed by atoms with van der Waals surface area (Å²) in [6.07, 6.45) is 4.92. The van der Waals surface area contributed by atoms with Crippen molar-refractivity contribution in [3.05, 3.63) is 12.4 Å². The quantitative estimate of drug-likeness (QED) is 0.699. The summed E-state index contributed by atoms with van der Waals surface area (Å²) >= 11 is 0. The molecule has 2 N–H and O–H groups in total. The van der Waals surface area contributed by atoms with E-state index in [0.717, 1.165) is 19.4 Å². The third-order valence-electron chi connectivity index (χ3n) is 2.84. The Morgan fingerprint density at radius 1 is 1.50 bits per heavy atom. The Balaban J connectivity index is 2.51. The van der Waals surface area contributed by atoms with Crippen molar-refractivity contribution in [2.45, 2.75) is 38.5 Å². The van der Waals surface area contributed by atoms with E-state index in [1.54, 1.807) is 0 Å². The number of nitrogens with zero attached hydrogens (tertiary/aromatic N) is 2. The average Bonchev–Trinajstić information content (AvgIpc) is 2.57. The summed E-state index contributed by atoms with van der Waals surface area (Å²) in [5.74, 6) is -1.16. The summed E-state index contributed by atoms with van der Waals surface area (Å²) in [4.78, 5) is 14.6. The van der Waals surface area contributed by atoms with E-state index in [1.165, 1.54) is 0 Å². The van der Waals surface area contributed by atoms with Crippen molar-refractivity contribution in [1.82, 2.24) is 9.80 Å². The predicted octanol–water partition coefficient (Wildman–Crippen LogP) is 0.667. The van der Waals surface area contributed by atoms with E-state index in [2.05, 4.69) is 11.8 Å². The molecule has 0 aliphatic carbocycles. The van der Waals surface area contributed by atoms with Gasteiger partial charge in [0.1, 0.15) is 6.17 Å². The SMILES string of the molecule is CCCCN1C=CN(C)C1C[C@H](O)C(=O)O. The molecule has 0 saturated heterocycles. The normalized spacial score (nSPS) is 21.6. The van der Waals surface area contributed by atoms with E-state index in [1.807, 2.05) is 24.3 Å². The Morgan fingerprint density at radius 3 is 2.75 bits per heavy atom. The van der Waals surface area contributed by atoms with Gasteiger partial charge in [0.2, 0.25) is 0 Å². The van der Waals surface area contributed by atoms with Crippen LogP contribution in [0.5, 0.6) is 0 Å². The molecule has 2 atom stereocenters. The Hall–Kier alpha value is -1.23. The van der Waals surface area contributed by atoms with Gasteiger partial charge >= 0.3 is 5.97 Å². The standard InChI is InChI=1S/C11H20N2O3/c1-3-4-5-13-7-6-12(2)10(13)8-9(14)11(15)16/h6-7,9-10,14H,3-5,8H2,1-2H3,(H,15,16)/t9-,10?/m0/s1. The van der Waals surface area contributed by atoms with Crippen molar-refractivity contribution in [2.24, 2.45) is 0 Å². The van der Waals surface area contributed by atoms with Crippen LogP contribution in [0.4, 0.5) is 0 Å². The lowest BCUT2D eigenvalue weighted by molar-refractivity contribution is -0.148. The Bertz CT molecular complexity index is 268. The molecule has 5 nitrogen and oxygen atoms in total. The van der Waals surface area contributed by atoms with E-state index < -0.39 is 12.1 Å². The largest absolute Gasteiger partial charge is 0.479 e. The highest BCUT2D eigenvalue weighted by Crippen LogP contribution is 2.19. The Labute approximate surface area is 96.0 Å². The maximum Gasteiger partial charge on any atom is 0.332 e. The summed E-state index contributed by atoms with van der Waals surface area (Å²) in [6.45, 7) is 3.01. The molecule has 1 heterocycles. The fourth-order valence-electron chi connectivity index (χ4n) is 1.79. The van der Waals surface area contributed by atoms with Gasteiger partial charge in [-0.1, -0.05) is 13.3 Å². The zero-order valence-electron chi connectivity index (χ0n) is 9.83. The highest BCUT2D eigenvalue weighted by molar-refractivity contribution is 5.71. The van der Waals surface area contributed by atoms with Crippen molar-refractivity contribution in [3.8, 4) is 0 Å². The third-order valence-corrected chi connectivity index (χ3v) is 2.84. The van der Waals surface area contributed by atoms with Crippen molar-refractivity contribution in [2.75, 3.05) is 13.6 Å². The third kappa shape index (κ3) is 3.13. The number of aliphatic hydroxyl groups is 1. The van der Waals surface area contributed by atoms with Gasteiger partial charge in [0.25, 0.3) is 0 Å². The van der Waals surface area contributed by atoms with Crippen LogP contribution in [0.2, 0.25) is 0 Å². The molecular formula is C11H20N2O3. The number of carboxylic acids is 1. The fraction of sp³-hybridized carbons (Fsp3) is 0.727. The van der Waals surface area contributed by atoms with Gasteiger partial charge in [0.15, 0.2) is 6.10 Å². The summed E-state index contributed by atoms with van der Waals surface area (Å²) in [5.41, 5.74) is 0. The monoisotopic (exact) mass is 228 g/mol. The molecule has 0 aromatic rings. The fourth-order valence-corrected chi connectivity index (χ4v) is 1.79. The molecule has 0 amide bonds. The summed E-state index contributed by atoms with van der Waals surface area (Å²) in [6, 6.07) is 0. The molecular weight excluding hydrogens is 208 g/mol. The number of carboxylic acid groups (broad SMARTS) is 1. The minimum atomic E-state index is -1.29. The predicted molar refractivity (Wildman–Crippen MR) is 60.6 cm³/mol. The summed E-state index contributed by atoms with van der Waals surface area (Å²) < 4.78 is 0. The van der Waals surface area contributed by atoms with E-state index in [9.17, 15) is 9.90 Å². The van der Waals surface area contributed by atoms with Gasteiger partial charge in [-0.3, -0.25) is 0 Å². The van der Waals surface area contributed by atoms with Gasteiger partial charge in [-0.15, -0.1) is 0 Å². The molecule has 5 heteroatoms. The van der Waals surface area contributed by atoms with Crippen molar-refractivity contribution in [1.29, 1.82) is 0 Å². The van der Waals surface area contributed by atoms with Crippen molar-refractivity contribution >= 4 is 5.97 Å². The van der Waals surface area contributed by atoms with Gasteiger partial charge in [-0.05, 0) is 6.42 Å². The first-order chi connectivity index (χ1) is 7.56. The zero-order chi connectivity index (χ0) is 12.1. The number of aliphatic carboxylic acids is 1. The minimum Gasteiger partial charge on any atom is -0.479 e. The Kier molecular flexibility index (Phi) is 4.61. The lowest BCUT2D eigenvalue weighted by atomic mass is 10.2. The molecule has 0 radical (unpaired) electrons. The smallest absolute Gasteiger partial charge is 0.332 e. The number of unbranched alkanes of at least 4 members (excludes halogenated alkanes) is 1. The molecule has 0 spiro atoms. The molecule has 0 bridgehead atoms. The molecule has 1 unspecified atom stereocenters. The van der Waals surface area contributed by atoms with Gasteiger partial charge < -0.3 is 20.0 Å². The van der Waals surface area contributed by atoms with Gasteiger partial charge in [-0.2, -0.15) is 0 Å². The first kappa shape index (κ1) is 12.8. The molecule has 1 aliphatic rings. The van der Waals surface area contributed by atoms with Gasteiger partial charge in [-0.25, -0.2) is 4.79 Å². The van der Waals surface area contributed by atoms with Crippen LogP contribution in [0.3, 0.4) is 0 Å². The maximum atomic E-state index is 10.6. The van der Waals surface area contributed by atoms with Crippen molar-refractivity contribution in [3.63, 3.8) is 0 Å². The molecule has 1 rings (SSSR count). The second-order valence-corrected chi connectivity index (χ2v) is 4.13. The van der Waals surface area contributed by atoms with Gasteiger partial charge in [0.05, 0.1) is 0 Å². The zero-order valence-corrected chi connectivity index (χ0v) is 9.83. The van der Waals surface area contributed by atoms with Crippen LogP contribution >= 0.6 is 0 Å². The van der Waals surface area contributed by atoms with Crippen LogP contribution in [0.15, 0.2) is 12.4 Å². The minimum absolute atomic E-state index is 0.0438. The average molecular weight is 228 g/mol. The number of aliphatic hydroxyl groups excluding tert-OH is 1. The first-order valence-corrected chi connectivity index (χ1v) is 5.63. The number of hydrogen-bond donors (Lipinski definition) is 2. The molecule has 0 aromatic heterocycles. The summed E-state index contributed by atoms with van der Waals surface area (Å²) in [7, 11) is 1.89. The van der Waals surface area contributed by atoms with Crippen LogP contribution < -0.4 is 0 Å². The van der Waals surface area contributed by atoms with Crippen LogP contribution in [-0.4, -0.2) is 51.8 Å². The molecule has 16 heavy (non-hydrogen) atoms. The first-order valence-electron chi connectivity index (χ1n) is 5.63. The second kappa shape index (κ2) is 5.75.